The Kier molecular flexibility index (Phi) is 7.66. The molecule has 0 saturated carbocycles. The van der Waals surface area contributed by atoms with Crippen LogP contribution in [0.5, 0.6) is 0 Å². The predicted molar refractivity (Wildman–Crippen MR) is 269 cm³/mol. The van der Waals surface area contributed by atoms with Crippen LogP contribution >= 0.6 is 11.3 Å². The molecule has 0 N–H and O–H groups in total. The van der Waals surface area contributed by atoms with Gasteiger partial charge in [-0.2, -0.15) is 0 Å². The summed E-state index contributed by atoms with van der Waals surface area (Å²) in [5, 5.41) is 1.09. The van der Waals surface area contributed by atoms with E-state index in [1.807, 2.05) is 32.1 Å². The first-order valence-electron chi connectivity index (χ1n) is 24.8. The second kappa shape index (κ2) is 12.9. The molecule has 4 heteroatoms. The number of aryl methyl sites for hydroxylation is 1. The van der Waals surface area contributed by atoms with Crippen LogP contribution in [-0.2, 0) is 32.5 Å². The van der Waals surface area contributed by atoms with Crippen molar-refractivity contribution >= 4 is 78.0 Å². The smallest absolute Gasteiger partial charge is 0.264 e. The van der Waals surface area contributed by atoms with E-state index in [9.17, 15) is 5.48 Å². The summed E-state index contributed by atoms with van der Waals surface area (Å²) >= 11 is 1.83. The molecule has 0 spiro atoms. The maximum Gasteiger partial charge on any atom is 0.264 e. The fraction of sp³-hybridized carbons (Fsp3) is 0.439. The number of rotatable bonds is 2. The second-order valence-corrected chi connectivity index (χ2v) is 24.9. The predicted octanol–water partition coefficient (Wildman–Crippen LogP) is 14.6. The number of nitrogens with zero attached hydrogens (tertiary/aromatic N) is 2. The van der Waals surface area contributed by atoms with Crippen molar-refractivity contribution in [2.45, 2.75) is 162 Å². The van der Waals surface area contributed by atoms with Gasteiger partial charge in [0, 0.05) is 43.3 Å². The summed E-state index contributed by atoms with van der Waals surface area (Å²) < 4.78 is 41.2. The summed E-state index contributed by atoms with van der Waals surface area (Å²) in [5.74, 6) is 0. The van der Waals surface area contributed by atoms with Gasteiger partial charge in [0.15, 0.2) is 0 Å². The average molecular weight is 827 g/mol. The number of hydrogen-bond donors (Lipinski definition) is 0. The van der Waals surface area contributed by atoms with E-state index in [0.29, 0.717) is 11.3 Å². The van der Waals surface area contributed by atoms with Gasteiger partial charge in [0.1, 0.15) is 0 Å². The Balaban J connectivity index is 1.37. The Labute approximate surface area is 377 Å². The van der Waals surface area contributed by atoms with E-state index in [4.69, 9.17) is 0 Å². The Bertz CT molecular complexity index is 3020. The van der Waals surface area contributed by atoms with Crippen molar-refractivity contribution in [1.82, 2.24) is 0 Å². The van der Waals surface area contributed by atoms with Crippen LogP contribution in [0.1, 0.15) is 167 Å². The molecule has 0 unspecified atom stereocenters. The fourth-order valence-corrected chi connectivity index (χ4v) is 12.5. The molecule has 0 bridgehead atoms. The lowest BCUT2D eigenvalue weighted by Crippen LogP contribution is -2.61. The summed E-state index contributed by atoms with van der Waals surface area (Å²) in [5.41, 5.74) is 16.0. The minimum absolute atomic E-state index is 0.00282. The topological polar surface area (TPSA) is 6.48 Å². The molecule has 314 valence electrons. The Morgan fingerprint density at radius 2 is 1.10 bits per heavy atom. The molecule has 0 amide bonds. The summed E-state index contributed by atoms with van der Waals surface area (Å²) in [4.78, 5) is 4.71. The monoisotopic (exact) mass is 827 g/mol. The van der Waals surface area contributed by atoms with Crippen molar-refractivity contribution in [2.75, 3.05) is 9.80 Å². The van der Waals surface area contributed by atoms with E-state index in [1.54, 1.807) is 0 Å². The molecule has 10 rings (SSSR count). The number of anilines is 6. The van der Waals surface area contributed by atoms with Crippen LogP contribution in [0, 0.1) is 6.92 Å². The lowest BCUT2D eigenvalue weighted by molar-refractivity contribution is 0.332. The summed E-state index contributed by atoms with van der Waals surface area (Å²) in [7, 11) is 0. The number of benzene rings is 5. The first-order valence-corrected chi connectivity index (χ1v) is 23.6. The van der Waals surface area contributed by atoms with Crippen LogP contribution in [0.25, 0.3) is 10.1 Å². The number of hydrogen-bond acceptors (Lipinski definition) is 3. The largest absolute Gasteiger partial charge is 0.311 e. The molecule has 61 heavy (non-hydrogen) atoms. The highest BCUT2D eigenvalue weighted by Gasteiger charge is 2.48. The normalized spacial score (nSPS) is 20.1. The Morgan fingerprint density at radius 1 is 0.557 bits per heavy atom. The molecule has 2 nitrogen and oxygen atoms in total. The van der Waals surface area contributed by atoms with Gasteiger partial charge in [-0.15, -0.1) is 11.3 Å². The average Bonchev–Trinajstić information content (AvgIpc) is 3.58. The quantitative estimate of drug-likeness (QED) is 0.160. The maximum atomic E-state index is 9.89. The van der Waals surface area contributed by atoms with Crippen molar-refractivity contribution in [3.63, 3.8) is 0 Å². The first-order chi connectivity index (χ1) is 30.0. The van der Waals surface area contributed by atoms with E-state index >= 15 is 0 Å². The molecular weight excluding hydrogens is 756 g/mol. The molecule has 3 heterocycles. The van der Waals surface area contributed by atoms with Gasteiger partial charge in [-0.1, -0.05) is 127 Å². The van der Waals surface area contributed by atoms with Crippen molar-refractivity contribution in [3.05, 3.63) is 124 Å². The van der Waals surface area contributed by atoms with E-state index < -0.39 is 5.41 Å². The third kappa shape index (κ3) is 6.15. The molecule has 0 fully saturated rings. The third-order valence-electron chi connectivity index (χ3n) is 15.3. The summed E-state index contributed by atoms with van der Waals surface area (Å²) in [6.07, 6.45) is 4.52. The van der Waals surface area contributed by atoms with Gasteiger partial charge in [-0.25, -0.2) is 0 Å². The van der Waals surface area contributed by atoms with Crippen LogP contribution in [-0.4, -0.2) is 6.71 Å². The highest BCUT2D eigenvalue weighted by molar-refractivity contribution is 7.33. The van der Waals surface area contributed by atoms with E-state index in [-0.39, 0.29) is 58.0 Å². The SMILES string of the molecule is [2H]c1c([2H])c(C(C)(C)C)c([2H])c([2H])c1N1c2cc(C)cc3c2B(c2cc4c(cc2N3c2ccc3c(c2)C(C)(C)CCC3(C)C)C(C)(C)CCC4(C)C)c2sc3ccc(C(C)(C)C)cc3c21. The standard InChI is InChI=1S/C57H67BN2S/c1-34-28-46-49-47(29-34)60(37-19-16-35(17-20-37)52(2,3)4)50-39-30-36(53(5,6)7)18-23-48(39)61-51(50)58(49)44-32-42-43(57(14,15)27-26-56(42,12)13)33-45(44)59(46)38-21-22-40-41(31-38)55(10,11)25-24-54(40,8)9/h16-23,28-33H,24-27H2,1-15H3/i16D,17D,19D,20D. The van der Waals surface area contributed by atoms with Crippen molar-refractivity contribution in [2.24, 2.45) is 0 Å². The molecule has 0 atom stereocenters. The highest BCUT2D eigenvalue weighted by Crippen LogP contribution is 2.54. The second-order valence-electron chi connectivity index (χ2n) is 23.8. The van der Waals surface area contributed by atoms with Gasteiger partial charge in [0.05, 0.1) is 11.2 Å². The molecule has 6 aromatic rings. The van der Waals surface area contributed by atoms with Crippen molar-refractivity contribution in [3.8, 4) is 0 Å². The fourth-order valence-electron chi connectivity index (χ4n) is 11.2. The van der Waals surface area contributed by atoms with Gasteiger partial charge >= 0.3 is 0 Å². The van der Waals surface area contributed by atoms with Gasteiger partial charge in [-0.3, -0.25) is 0 Å². The zero-order valence-corrected chi connectivity index (χ0v) is 40.3. The molecule has 5 aromatic carbocycles. The van der Waals surface area contributed by atoms with Gasteiger partial charge in [0.25, 0.3) is 6.71 Å². The molecule has 0 radical (unpaired) electrons. The van der Waals surface area contributed by atoms with Crippen LogP contribution in [0.3, 0.4) is 0 Å². The molecule has 4 aliphatic rings. The third-order valence-corrected chi connectivity index (χ3v) is 16.5. The maximum absolute atomic E-state index is 9.89. The van der Waals surface area contributed by atoms with E-state index in [2.05, 4.69) is 154 Å². The van der Waals surface area contributed by atoms with E-state index in [0.717, 1.165) is 69.5 Å². The Hall–Kier alpha value is -4.28. The Morgan fingerprint density at radius 3 is 1.69 bits per heavy atom. The van der Waals surface area contributed by atoms with Crippen molar-refractivity contribution < 1.29 is 5.48 Å². The molecule has 2 aliphatic carbocycles. The zero-order valence-electron chi connectivity index (χ0n) is 43.5. The molecule has 0 saturated heterocycles. The lowest BCUT2D eigenvalue weighted by atomic mass is 9.35. The van der Waals surface area contributed by atoms with Gasteiger partial charge in [-0.05, 0) is 170 Å². The molecular formula is C57H67BN2S. The van der Waals surface area contributed by atoms with Crippen LogP contribution in [0.4, 0.5) is 34.1 Å². The van der Waals surface area contributed by atoms with Crippen LogP contribution < -0.4 is 25.5 Å². The van der Waals surface area contributed by atoms with Gasteiger partial charge < -0.3 is 9.80 Å². The first kappa shape index (κ1) is 36.2. The minimum atomic E-state index is -0.583. The number of fused-ring (bicyclic) bond motifs is 8. The molecule has 1 aromatic heterocycles. The number of thiophene rings is 1. The summed E-state index contributed by atoms with van der Waals surface area (Å²) in [6.45, 7) is 34.1. The van der Waals surface area contributed by atoms with E-state index in [1.165, 1.54) is 43.7 Å². The summed E-state index contributed by atoms with van der Waals surface area (Å²) in [6, 6.07) is 24.0. The van der Waals surface area contributed by atoms with Crippen LogP contribution in [0.2, 0.25) is 0 Å². The molecule has 2 aliphatic heterocycles. The van der Waals surface area contributed by atoms with Crippen molar-refractivity contribution in [1.29, 1.82) is 0 Å². The minimum Gasteiger partial charge on any atom is -0.311 e. The van der Waals surface area contributed by atoms with Crippen LogP contribution in [0.15, 0.2) is 84.8 Å². The zero-order chi connectivity index (χ0) is 47.0. The van der Waals surface area contributed by atoms with Gasteiger partial charge in [0.2, 0.25) is 0 Å². The lowest BCUT2D eigenvalue weighted by Gasteiger charge is -2.47. The highest BCUT2D eigenvalue weighted by atomic mass is 32.1.